The fraction of sp³-hybridized carbons (Fsp3) is 0.238. The zero-order valence-corrected chi connectivity index (χ0v) is 15.5. The molecule has 0 radical (unpaired) electrons. The van der Waals surface area contributed by atoms with Crippen molar-refractivity contribution < 1.29 is 28.9 Å². The maximum Gasteiger partial charge on any atom is 0.307 e. The Labute approximate surface area is 158 Å². The van der Waals surface area contributed by atoms with Gasteiger partial charge >= 0.3 is 5.97 Å². The second-order valence-electron chi connectivity index (χ2n) is 5.61. The number of methoxy groups -OCH3 is 2. The largest absolute Gasteiger partial charge is 0.496 e. The average Bonchev–Trinajstić information content (AvgIpc) is 2.66. The smallest absolute Gasteiger partial charge is 0.307 e. The lowest BCUT2D eigenvalue weighted by molar-refractivity contribution is -0.136. The van der Waals surface area contributed by atoms with Gasteiger partial charge in [-0.05, 0) is 43.3 Å². The number of carbonyl (C=O) groups is 2. The predicted octanol–water partition coefficient (Wildman–Crippen LogP) is 3.63. The van der Waals surface area contributed by atoms with Gasteiger partial charge in [0, 0.05) is 16.7 Å². The van der Waals surface area contributed by atoms with Gasteiger partial charge in [0.2, 0.25) is 0 Å². The van der Waals surface area contributed by atoms with Crippen LogP contribution in [0.3, 0.4) is 0 Å². The molecule has 6 heteroatoms. The van der Waals surface area contributed by atoms with Crippen molar-refractivity contribution in [1.29, 1.82) is 0 Å². The topological polar surface area (TPSA) is 82.1 Å². The van der Waals surface area contributed by atoms with E-state index in [1.807, 2.05) is 19.1 Å². The van der Waals surface area contributed by atoms with Crippen molar-refractivity contribution in [3.8, 4) is 17.2 Å². The highest BCUT2D eigenvalue weighted by Crippen LogP contribution is 2.32. The maximum absolute atomic E-state index is 12.5. The third-order valence-electron chi connectivity index (χ3n) is 3.83. The molecule has 142 valence electrons. The van der Waals surface area contributed by atoms with Crippen LogP contribution in [0.2, 0.25) is 0 Å². The third kappa shape index (κ3) is 5.10. The number of benzene rings is 2. The van der Waals surface area contributed by atoms with Gasteiger partial charge in [0.15, 0.2) is 17.3 Å². The Morgan fingerprint density at radius 3 is 2.48 bits per heavy atom. The van der Waals surface area contributed by atoms with E-state index in [1.165, 1.54) is 19.3 Å². The van der Waals surface area contributed by atoms with Crippen molar-refractivity contribution >= 4 is 17.8 Å². The number of aliphatic carboxylic acids is 1. The highest BCUT2D eigenvalue weighted by Gasteiger charge is 2.12. The second kappa shape index (κ2) is 9.43. The van der Waals surface area contributed by atoms with Crippen molar-refractivity contribution in [3.63, 3.8) is 0 Å². The number of ether oxygens (including phenoxy) is 3. The average molecular weight is 370 g/mol. The van der Waals surface area contributed by atoms with Gasteiger partial charge in [-0.2, -0.15) is 0 Å². The summed E-state index contributed by atoms with van der Waals surface area (Å²) >= 11 is 0. The van der Waals surface area contributed by atoms with E-state index >= 15 is 0 Å². The Morgan fingerprint density at radius 2 is 1.85 bits per heavy atom. The molecule has 6 nitrogen and oxygen atoms in total. The Kier molecular flexibility index (Phi) is 7.00. The summed E-state index contributed by atoms with van der Waals surface area (Å²) in [7, 11) is 3.00. The number of ketones is 1. The van der Waals surface area contributed by atoms with Crippen LogP contribution < -0.4 is 14.2 Å². The minimum Gasteiger partial charge on any atom is -0.496 e. The van der Waals surface area contributed by atoms with E-state index in [9.17, 15) is 9.59 Å². The molecule has 0 fully saturated rings. The molecule has 0 spiro atoms. The number of hydrogen-bond acceptors (Lipinski definition) is 5. The Bertz CT molecular complexity index is 854. The molecular formula is C21H22O6. The van der Waals surface area contributed by atoms with E-state index in [0.29, 0.717) is 40.5 Å². The van der Waals surface area contributed by atoms with Crippen LogP contribution in [0.5, 0.6) is 17.2 Å². The molecule has 2 rings (SSSR count). The van der Waals surface area contributed by atoms with Crippen molar-refractivity contribution in [2.45, 2.75) is 13.3 Å². The van der Waals surface area contributed by atoms with Gasteiger partial charge in [0.05, 0.1) is 27.2 Å². The molecule has 1 N–H and O–H groups in total. The van der Waals surface area contributed by atoms with Crippen molar-refractivity contribution in [3.05, 3.63) is 59.2 Å². The van der Waals surface area contributed by atoms with Crippen LogP contribution in [-0.4, -0.2) is 37.7 Å². The molecule has 0 amide bonds. The van der Waals surface area contributed by atoms with Gasteiger partial charge in [0.25, 0.3) is 0 Å². The van der Waals surface area contributed by atoms with Gasteiger partial charge < -0.3 is 19.3 Å². The number of allylic oxidation sites excluding steroid dienone is 1. The van der Waals surface area contributed by atoms with Crippen molar-refractivity contribution in [2.75, 3.05) is 20.8 Å². The minimum atomic E-state index is -0.995. The number of para-hydroxylation sites is 1. The molecule has 2 aromatic carbocycles. The van der Waals surface area contributed by atoms with Crippen molar-refractivity contribution in [2.24, 2.45) is 0 Å². The summed E-state index contributed by atoms with van der Waals surface area (Å²) in [4.78, 5) is 23.5. The molecule has 0 aliphatic rings. The van der Waals surface area contributed by atoms with Crippen LogP contribution in [0, 0.1) is 0 Å². The fourth-order valence-corrected chi connectivity index (χ4v) is 2.65. The molecule has 0 saturated carbocycles. The minimum absolute atomic E-state index is 0.224. The van der Waals surface area contributed by atoms with Crippen LogP contribution in [0.1, 0.15) is 28.4 Å². The number of hydrogen-bond donors (Lipinski definition) is 1. The van der Waals surface area contributed by atoms with Gasteiger partial charge in [0.1, 0.15) is 5.75 Å². The summed E-state index contributed by atoms with van der Waals surface area (Å²) in [6.07, 6.45) is 2.84. The predicted molar refractivity (Wildman–Crippen MR) is 102 cm³/mol. The summed E-state index contributed by atoms with van der Waals surface area (Å²) in [6.45, 7) is 2.38. The van der Waals surface area contributed by atoms with E-state index < -0.39 is 5.97 Å². The Hall–Kier alpha value is -3.28. The molecule has 0 aliphatic carbocycles. The van der Waals surface area contributed by atoms with Gasteiger partial charge in [-0.25, -0.2) is 0 Å². The van der Waals surface area contributed by atoms with Gasteiger partial charge in [-0.1, -0.05) is 12.1 Å². The lowest BCUT2D eigenvalue weighted by atomic mass is 10.0. The fourth-order valence-electron chi connectivity index (χ4n) is 2.65. The number of carboxylic acid groups (broad SMARTS) is 1. The zero-order valence-electron chi connectivity index (χ0n) is 15.5. The second-order valence-corrected chi connectivity index (χ2v) is 5.61. The van der Waals surface area contributed by atoms with Gasteiger partial charge in [-0.15, -0.1) is 0 Å². The van der Waals surface area contributed by atoms with Crippen LogP contribution in [0.25, 0.3) is 6.08 Å². The molecule has 0 saturated heterocycles. The molecule has 2 aromatic rings. The first-order valence-electron chi connectivity index (χ1n) is 8.41. The summed E-state index contributed by atoms with van der Waals surface area (Å²) in [5, 5.41) is 9.02. The summed E-state index contributed by atoms with van der Waals surface area (Å²) in [5.74, 6) is 0.329. The molecule has 27 heavy (non-hydrogen) atoms. The van der Waals surface area contributed by atoms with Crippen LogP contribution in [-0.2, 0) is 11.2 Å². The summed E-state index contributed by atoms with van der Waals surface area (Å²) < 4.78 is 16.1. The Balaban J connectivity index is 2.29. The Morgan fingerprint density at radius 1 is 1.07 bits per heavy atom. The highest BCUT2D eigenvalue weighted by molar-refractivity contribution is 6.07. The lowest BCUT2D eigenvalue weighted by Gasteiger charge is -2.11. The number of rotatable bonds is 9. The number of carbonyl (C=O) groups excluding carboxylic acids is 1. The van der Waals surface area contributed by atoms with E-state index in [4.69, 9.17) is 19.3 Å². The highest BCUT2D eigenvalue weighted by atomic mass is 16.5. The molecule has 0 aliphatic heterocycles. The number of carboxylic acids is 1. The van der Waals surface area contributed by atoms with Crippen LogP contribution >= 0.6 is 0 Å². The van der Waals surface area contributed by atoms with E-state index in [1.54, 1.807) is 31.4 Å². The van der Waals surface area contributed by atoms with E-state index in [0.717, 1.165) is 0 Å². The molecule has 0 aromatic heterocycles. The SMILES string of the molecule is CCOc1cccc(/C=C/C(=O)c2ccc(OC)c(CC(=O)O)c2)c1OC. The lowest BCUT2D eigenvalue weighted by Crippen LogP contribution is -2.04. The zero-order chi connectivity index (χ0) is 19.8. The maximum atomic E-state index is 12.5. The summed E-state index contributed by atoms with van der Waals surface area (Å²) in [6, 6.07) is 10.2. The van der Waals surface area contributed by atoms with Crippen LogP contribution in [0.4, 0.5) is 0 Å². The first kappa shape index (κ1) is 20.0. The van der Waals surface area contributed by atoms with Crippen LogP contribution in [0.15, 0.2) is 42.5 Å². The van der Waals surface area contributed by atoms with E-state index in [-0.39, 0.29) is 12.2 Å². The monoisotopic (exact) mass is 370 g/mol. The molecule has 0 bridgehead atoms. The quantitative estimate of drug-likeness (QED) is 0.536. The molecule has 0 atom stereocenters. The van der Waals surface area contributed by atoms with Gasteiger partial charge in [-0.3, -0.25) is 9.59 Å². The molecule has 0 heterocycles. The third-order valence-corrected chi connectivity index (χ3v) is 3.83. The molecular weight excluding hydrogens is 348 g/mol. The molecule has 0 unspecified atom stereocenters. The first-order valence-corrected chi connectivity index (χ1v) is 8.41. The van der Waals surface area contributed by atoms with Crippen molar-refractivity contribution in [1.82, 2.24) is 0 Å². The van der Waals surface area contributed by atoms with E-state index in [2.05, 4.69) is 0 Å². The summed E-state index contributed by atoms with van der Waals surface area (Å²) in [5.41, 5.74) is 1.53. The standard InChI is InChI=1S/C21H22O6/c1-4-27-19-7-5-6-14(21(19)26-3)8-10-17(22)15-9-11-18(25-2)16(12-15)13-20(23)24/h5-12H,4,13H2,1-3H3,(H,23,24)/b10-8+. The first-order chi connectivity index (χ1) is 13.0. The normalized spacial score (nSPS) is 10.6.